The fourth-order valence-corrected chi connectivity index (χ4v) is 2.58. The number of hydrogen-bond acceptors (Lipinski definition) is 6. The van der Waals surface area contributed by atoms with Crippen molar-refractivity contribution in [2.75, 3.05) is 18.4 Å². The van der Waals surface area contributed by atoms with E-state index in [2.05, 4.69) is 39.2 Å². The fraction of sp³-hybridized carbons (Fsp3) is 0.462. The third kappa shape index (κ3) is 4.25. The van der Waals surface area contributed by atoms with Gasteiger partial charge in [-0.05, 0) is 25.6 Å². The lowest BCUT2D eigenvalue weighted by molar-refractivity contribution is 0.267. The third-order valence-corrected chi connectivity index (χ3v) is 3.58. The molecule has 2 aromatic heterocycles. The Hall–Kier alpha value is -1.53. The SMILES string of the molecule is CCNc1nnc(CN(CC)Cc2ccccn2)s1. The van der Waals surface area contributed by atoms with E-state index in [1.54, 1.807) is 11.3 Å². The van der Waals surface area contributed by atoms with E-state index >= 15 is 0 Å². The van der Waals surface area contributed by atoms with Crippen molar-refractivity contribution >= 4 is 16.5 Å². The van der Waals surface area contributed by atoms with Crippen LogP contribution in [0.25, 0.3) is 0 Å². The maximum Gasteiger partial charge on any atom is 0.205 e. The molecule has 0 atom stereocenters. The van der Waals surface area contributed by atoms with Gasteiger partial charge >= 0.3 is 0 Å². The van der Waals surface area contributed by atoms with Gasteiger partial charge in [-0.3, -0.25) is 9.88 Å². The highest BCUT2D eigenvalue weighted by Crippen LogP contribution is 2.17. The Bertz CT molecular complexity index is 485. The van der Waals surface area contributed by atoms with Crippen molar-refractivity contribution in [1.29, 1.82) is 0 Å². The number of anilines is 1. The van der Waals surface area contributed by atoms with Crippen LogP contribution in [0.4, 0.5) is 5.13 Å². The lowest BCUT2D eigenvalue weighted by atomic mass is 10.3. The minimum atomic E-state index is 0.816. The van der Waals surface area contributed by atoms with Crippen LogP contribution in [0.15, 0.2) is 24.4 Å². The van der Waals surface area contributed by atoms with Crippen LogP contribution in [0.1, 0.15) is 24.5 Å². The molecule has 6 heteroatoms. The highest BCUT2D eigenvalue weighted by atomic mass is 32.1. The van der Waals surface area contributed by atoms with Gasteiger partial charge in [0.15, 0.2) is 0 Å². The molecule has 0 aliphatic rings. The van der Waals surface area contributed by atoms with E-state index in [1.165, 1.54) is 0 Å². The molecule has 0 unspecified atom stereocenters. The summed E-state index contributed by atoms with van der Waals surface area (Å²) in [5.74, 6) is 0. The zero-order valence-corrected chi connectivity index (χ0v) is 12.2. The van der Waals surface area contributed by atoms with Crippen LogP contribution in [0.2, 0.25) is 0 Å². The van der Waals surface area contributed by atoms with Crippen LogP contribution in [0, 0.1) is 0 Å². The first-order chi connectivity index (χ1) is 9.31. The molecule has 0 bridgehead atoms. The summed E-state index contributed by atoms with van der Waals surface area (Å²) in [4.78, 5) is 6.66. The third-order valence-electron chi connectivity index (χ3n) is 2.71. The second kappa shape index (κ2) is 7.16. The van der Waals surface area contributed by atoms with Gasteiger partial charge in [0.05, 0.1) is 12.2 Å². The Morgan fingerprint density at radius 2 is 2.11 bits per heavy atom. The van der Waals surface area contributed by atoms with Crippen molar-refractivity contribution in [1.82, 2.24) is 20.1 Å². The standard InChI is InChI=1S/C13H19N5S/c1-3-14-13-17-16-12(19-13)10-18(4-2)9-11-7-5-6-8-15-11/h5-8H,3-4,9-10H2,1-2H3,(H,14,17). The lowest BCUT2D eigenvalue weighted by Gasteiger charge is -2.17. The first-order valence-corrected chi connectivity index (χ1v) is 7.32. The zero-order valence-electron chi connectivity index (χ0n) is 11.3. The Balaban J connectivity index is 1.94. The molecule has 0 fully saturated rings. The molecule has 0 spiro atoms. The van der Waals surface area contributed by atoms with E-state index in [9.17, 15) is 0 Å². The maximum absolute atomic E-state index is 4.36. The second-order valence-electron chi connectivity index (χ2n) is 4.16. The van der Waals surface area contributed by atoms with Crippen molar-refractivity contribution in [3.05, 3.63) is 35.1 Å². The number of hydrogen-bond donors (Lipinski definition) is 1. The van der Waals surface area contributed by atoms with Crippen LogP contribution in [0.3, 0.4) is 0 Å². The first kappa shape index (κ1) is 13.9. The van der Waals surface area contributed by atoms with Crippen LogP contribution in [-0.2, 0) is 13.1 Å². The van der Waals surface area contributed by atoms with Crippen LogP contribution in [0.5, 0.6) is 0 Å². The first-order valence-electron chi connectivity index (χ1n) is 6.50. The molecular formula is C13H19N5S. The molecule has 2 aromatic rings. The van der Waals surface area contributed by atoms with Crippen molar-refractivity contribution in [3.8, 4) is 0 Å². The highest BCUT2D eigenvalue weighted by Gasteiger charge is 2.09. The van der Waals surface area contributed by atoms with Crippen molar-refractivity contribution in [3.63, 3.8) is 0 Å². The average molecular weight is 277 g/mol. The number of nitrogens with one attached hydrogen (secondary N) is 1. The van der Waals surface area contributed by atoms with Gasteiger partial charge in [-0.25, -0.2) is 0 Å². The van der Waals surface area contributed by atoms with E-state index in [4.69, 9.17) is 0 Å². The van der Waals surface area contributed by atoms with Crippen LogP contribution >= 0.6 is 11.3 Å². The topological polar surface area (TPSA) is 53.9 Å². The van der Waals surface area contributed by atoms with Gasteiger partial charge in [0, 0.05) is 19.3 Å². The zero-order chi connectivity index (χ0) is 13.5. The van der Waals surface area contributed by atoms with Gasteiger partial charge in [0.2, 0.25) is 5.13 Å². The number of nitrogens with zero attached hydrogens (tertiary/aromatic N) is 4. The summed E-state index contributed by atoms with van der Waals surface area (Å²) in [6, 6.07) is 6.00. The molecule has 0 saturated carbocycles. The summed E-state index contributed by atoms with van der Waals surface area (Å²) in [6.45, 7) is 7.70. The summed E-state index contributed by atoms with van der Waals surface area (Å²) >= 11 is 1.62. The van der Waals surface area contributed by atoms with Crippen molar-refractivity contribution < 1.29 is 0 Å². The minimum Gasteiger partial charge on any atom is -0.360 e. The van der Waals surface area contributed by atoms with E-state index < -0.39 is 0 Å². The molecule has 0 radical (unpaired) electrons. The Labute approximate surface area is 117 Å². The molecule has 5 nitrogen and oxygen atoms in total. The minimum absolute atomic E-state index is 0.816. The molecule has 2 heterocycles. The quantitative estimate of drug-likeness (QED) is 0.842. The predicted octanol–water partition coefficient (Wildman–Crippen LogP) is 2.39. The van der Waals surface area contributed by atoms with Gasteiger partial charge in [0.1, 0.15) is 5.01 Å². The second-order valence-corrected chi connectivity index (χ2v) is 5.22. The predicted molar refractivity (Wildman–Crippen MR) is 78.1 cm³/mol. The fourth-order valence-electron chi connectivity index (χ4n) is 1.73. The van der Waals surface area contributed by atoms with Crippen molar-refractivity contribution in [2.45, 2.75) is 26.9 Å². The van der Waals surface area contributed by atoms with Gasteiger partial charge in [-0.2, -0.15) is 0 Å². The molecule has 0 aliphatic heterocycles. The molecule has 2 rings (SSSR count). The van der Waals surface area contributed by atoms with Gasteiger partial charge in [-0.15, -0.1) is 10.2 Å². The van der Waals surface area contributed by atoms with Crippen LogP contribution in [-0.4, -0.2) is 33.2 Å². The molecule has 0 saturated heterocycles. The maximum atomic E-state index is 4.36. The number of pyridine rings is 1. The van der Waals surface area contributed by atoms with Gasteiger partial charge in [0.25, 0.3) is 0 Å². The number of rotatable bonds is 7. The summed E-state index contributed by atoms with van der Waals surface area (Å²) in [5.41, 5.74) is 1.08. The molecule has 19 heavy (non-hydrogen) atoms. The highest BCUT2D eigenvalue weighted by molar-refractivity contribution is 7.15. The molecule has 0 aromatic carbocycles. The molecule has 0 amide bonds. The van der Waals surface area contributed by atoms with Crippen molar-refractivity contribution in [2.24, 2.45) is 0 Å². The Kier molecular flexibility index (Phi) is 5.23. The Morgan fingerprint density at radius 1 is 1.21 bits per heavy atom. The smallest absolute Gasteiger partial charge is 0.205 e. The normalized spacial score (nSPS) is 10.9. The average Bonchev–Trinajstić information content (AvgIpc) is 2.87. The molecule has 102 valence electrons. The molecular weight excluding hydrogens is 258 g/mol. The van der Waals surface area contributed by atoms with Gasteiger partial charge in [-0.1, -0.05) is 24.3 Å². The Morgan fingerprint density at radius 3 is 2.79 bits per heavy atom. The molecule has 0 aliphatic carbocycles. The number of aromatic nitrogens is 3. The largest absolute Gasteiger partial charge is 0.360 e. The summed E-state index contributed by atoms with van der Waals surface area (Å²) in [7, 11) is 0. The monoisotopic (exact) mass is 277 g/mol. The summed E-state index contributed by atoms with van der Waals surface area (Å²) in [5, 5.41) is 13.4. The van der Waals surface area contributed by atoms with E-state index in [-0.39, 0.29) is 0 Å². The summed E-state index contributed by atoms with van der Waals surface area (Å²) < 4.78 is 0. The van der Waals surface area contributed by atoms with Crippen LogP contribution < -0.4 is 5.32 Å². The van der Waals surface area contributed by atoms with E-state index in [1.807, 2.05) is 24.4 Å². The lowest BCUT2D eigenvalue weighted by Crippen LogP contribution is -2.22. The van der Waals surface area contributed by atoms with Gasteiger partial charge < -0.3 is 5.32 Å². The van der Waals surface area contributed by atoms with E-state index in [0.717, 1.165) is 42.0 Å². The summed E-state index contributed by atoms with van der Waals surface area (Å²) in [6.07, 6.45) is 1.83. The van der Waals surface area contributed by atoms with E-state index in [0.29, 0.717) is 0 Å². The molecule has 1 N–H and O–H groups in total.